The maximum absolute atomic E-state index is 12.0. The Kier molecular flexibility index (Phi) is 3.55. The average Bonchev–Trinajstić information content (AvgIpc) is 2.62. The molecule has 1 atom stereocenters. The lowest BCUT2D eigenvalue weighted by molar-refractivity contribution is 0.322. The first kappa shape index (κ1) is 13.2. The van der Waals surface area contributed by atoms with Gasteiger partial charge in [0.15, 0.2) is 0 Å². The SMILES string of the molecule is CC(C(N)=S)S(=O)(=O)Nc1ccnn1C1CNC1. The number of rotatable bonds is 5. The van der Waals surface area contributed by atoms with Gasteiger partial charge in [-0.3, -0.25) is 4.72 Å². The van der Waals surface area contributed by atoms with Gasteiger partial charge in [0.1, 0.15) is 11.1 Å². The molecule has 4 N–H and O–H groups in total. The van der Waals surface area contributed by atoms with E-state index in [0.717, 1.165) is 13.1 Å². The monoisotopic (exact) mass is 289 g/mol. The lowest BCUT2D eigenvalue weighted by atomic mass is 10.2. The van der Waals surface area contributed by atoms with Crippen LogP contribution in [-0.2, 0) is 10.0 Å². The zero-order chi connectivity index (χ0) is 13.3. The highest BCUT2D eigenvalue weighted by Crippen LogP contribution is 2.19. The molecule has 1 aliphatic rings. The summed E-state index contributed by atoms with van der Waals surface area (Å²) in [6.07, 6.45) is 1.56. The molecular formula is C9H15N5O2S2. The lowest BCUT2D eigenvalue weighted by Gasteiger charge is -2.29. The van der Waals surface area contributed by atoms with Gasteiger partial charge in [0, 0.05) is 19.2 Å². The zero-order valence-corrected chi connectivity index (χ0v) is 11.5. The standard InChI is InChI=1S/C9H15N5O2S2/c1-6(9(10)17)18(15,16)13-8-2-3-12-14(8)7-4-11-5-7/h2-3,6-7,11,13H,4-5H2,1H3,(H2,10,17). The molecule has 0 saturated carbocycles. The Morgan fingerprint density at radius 2 is 2.39 bits per heavy atom. The molecule has 0 bridgehead atoms. The molecule has 0 amide bonds. The number of hydrogen-bond donors (Lipinski definition) is 3. The third-order valence-electron chi connectivity index (χ3n) is 2.89. The van der Waals surface area contributed by atoms with Crippen molar-refractivity contribution in [3.63, 3.8) is 0 Å². The number of nitrogens with two attached hydrogens (primary N) is 1. The highest BCUT2D eigenvalue weighted by molar-refractivity contribution is 7.95. The first-order valence-electron chi connectivity index (χ1n) is 5.47. The van der Waals surface area contributed by atoms with Crippen LogP contribution in [0.4, 0.5) is 5.82 Å². The first-order valence-corrected chi connectivity index (χ1v) is 7.42. The second-order valence-electron chi connectivity index (χ2n) is 4.16. The third-order valence-corrected chi connectivity index (χ3v) is 5.07. The van der Waals surface area contributed by atoms with E-state index < -0.39 is 15.3 Å². The van der Waals surface area contributed by atoms with Crippen molar-refractivity contribution < 1.29 is 8.42 Å². The fraction of sp³-hybridized carbons (Fsp3) is 0.556. The number of nitrogens with zero attached hydrogens (tertiary/aromatic N) is 2. The summed E-state index contributed by atoms with van der Waals surface area (Å²) >= 11 is 4.71. The summed E-state index contributed by atoms with van der Waals surface area (Å²) < 4.78 is 28.1. The van der Waals surface area contributed by atoms with Gasteiger partial charge in [-0.1, -0.05) is 12.2 Å². The largest absolute Gasteiger partial charge is 0.392 e. The van der Waals surface area contributed by atoms with E-state index in [1.807, 2.05) is 0 Å². The van der Waals surface area contributed by atoms with Gasteiger partial charge in [-0.2, -0.15) is 5.10 Å². The number of hydrogen-bond acceptors (Lipinski definition) is 5. The van der Waals surface area contributed by atoms with Crippen LogP contribution < -0.4 is 15.8 Å². The summed E-state index contributed by atoms with van der Waals surface area (Å²) in [5.74, 6) is 0.435. The Labute approximate surface area is 111 Å². The van der Waals surface area contributed by atoms with Crippen molar-refractivity contribution >= 4 is 33.0 Å². The fourth-order valence-corrected chi connectivity index (χ4v) is 2.84. The molecule has 1 aliphatic heterocycles. The van der Waals surface area contributed by atoms with Crippen molar-refractivity contribution in [1.82, 2.24) is 15.1 Å². The Morgan fingerprint density at radius 3 is 2.89 bits per heavy atom. The van der Waals surface area contributed by atoms with Crippen LogP contribution in [0.25, 0.3) is 0 Å². The van der Waals surface area contributed by atoms with E-state index >= 15 is 0 Å². The molecule has 100 valence electrons. The van der Waals surface area contributed by atoms with Gasteiger partial charge in [0.2, 0.25) is 10.0 Å². The Balaban J connectivity index is 2.19. The highest BCUT2D eigenvalue weighted by Gasteiger charge is 2.27. The molecule has 9 heteroatoms. The molecule has 0 aliphatic carbocycles. The minimum absolute atomic E-state index is 0.0566. The predicted molar refractivity (Wildman–Crippen MR) is 72.9 cm³/mol. The minimum atomic E-state index is -3.62. The van der Waals surface area contributed by atoms with Crippen molar-refractivity contribution in [2.24, 2.45) is 5.73 Å². The first-order chi connectivity index (χ1) is 8.42. The Bertz CT molecular complexity index is 549. The molecule has 1 aromatic rings. The van der Waals surface area contributed by atoms with Gasteiger partial charge in [-0.15, -0.1) is 0 Å². The van der Waals surface area contributed by atoms with Crippen LogP contribution in [0.3, 0.4) is 0 Å². The van der Waals surface area contributed by atoms with Crippen LogP contribution in [0.15, 0.2) is 12.3 Å². The normalized spacial score (nSPS) is 18.1. The molecule has 1 saturated heterocycles. The van der Waals surface area contributed by atoms with Gasteiger partial charge in [-0.25, -0.2) is 13.1 Å². The van der Waals surface area contributed by atoms with Crippen molar-refractivity contribution in [1.29, 1.82) is 0 Å². The molecule has 0 radical (unpaired) electrons. The van der Waals surface area contributed by atoms with Crippen LogP contribution in [-0.4, -0.2) is 41.5 Å². The molecule has 1 unspecified atom stereocenters. The minimum Gasteiger partial charge on any atom is -0.392 e. The summed E-state index contributed by atoms with van der Waals surface area (Å²) in [7, 11) is -3.62. The molecule has 1 fully saturated rings. The van der Waals surface area contributed by atoms with E-state index in [9.17, 15) is 8.42 Å². The van der Waals surface area contributed by atoms with E-state index in [4.69, 9.17) is 18.0 Å². The Hall–Kier alpha value is -1.19. The number of thiocarbonyl (C=S) groups is 1. The van der Waals surface area contributed by atoms with E-state index in [0.29, 0.717) is 5.82 Å². The topological polar surface area (TPSA) is 102 Å². The summed E-state index contributed by atoms with van der Waals surface area (Å²) in [5, 5.41) is 6.29. The molecular weight excluding hydrogens is 274 g/mol. The van der Waals surface area contributed by atoms with Gasteiger partial charge in [-0.05, 0) is 6.92 Å². The predicted octanol–water partition coefficient (Wildman–Crippen LogP) is -0.556. The molecule has 18 heavy (non-hydrogen) atoms. The molecule has 2 rings (SSSR count). The van der Waals surface area contributed by atoms with Crippen molar-refractivity contribution in [3.05, 3.63) is 12.3 Å². The molecule has 2 heterocycles. The Morgan fingerprint density at radius 1 is 1.72 bits per heavy atom. The second kappa shape index (κ2) is 4.82. The summed E-state index contributed by atoms with van der Waals surface area (Å²) in [6, 6.07) is 1.79. The van der Waals surface area contributed by atoms with Crippen LogP contribution in [0, 0.1) is 0 Å². The lowest BCUT2D eigenvalue weighted by Crippen LogP contribution is -2.44. The van der Waals surface area contributed by atoms with Crippen LogP contribution >= 0.6 is 12.2 Å². The second-order valence-corrected chi connectivity index (χ2v) is 6.64. The quantitative estimate of drug-likeness (QED) is 0.628. The molecule has 7 nitrogen and oxygen atoms in total. The van der Waals surface area contributed by atoms with E-state index in [2.05, 4.69) is 15.1 Å². The number of sulfonamides is 1. The number of anilines is 1. The van der Waals surface area contributed by atoms with Crippen LogP contribution in [0.5, 0.6) is 0 Å². The average molecular weight is 289 g/mol. The zero-order valence-electron chi connectivity index (χ0n) is 9.83. The smallest absolute Gasteiger partial charge is 0.243 e. The number of aromatic nitrogens is 2. The highest BCUT2D eigenvalue weighted by atomic mass is 32.2. The van der Waals surface area contributed by atoms with Crippen molar-refractivity contribution in [2.45, 2.75) is 18.2 Å². The molecule has 0 spiro atoms. The van der Waals surface area contributed by atoms with Crippen molar-refractivity contribution in [3.8, 4) is 0 Å². The molecule has 0 aromatic carbocycles. The van der Waals surface area contributed by atoms with Crippen LogP contribution in [0.1, 0.15) is 13.0 Å². The van der Waals surface area contributed by atoms with Gasteiger partial charge in [0.05, 0.1) is 17.2 Å². The van der Waals surface area contributed by atoms with Gasteiger partial charge >= 0.3 is 0 Å². The van der Waals surface area contributed by atoms with Gasteiger partial charge < -0.3 is 11.1 Å². The fourth-order valence-electron chi connectivity index (χ4n) is 1.52. The third kappa shape index (κ3) is 2.47. The maximum Gasteiger partial charge on any atom is 0.243 e. The summed E-state index contributed by atoms with van der Waals surface area (Å²) in [4.78, 5) is -0.0566. The molecule has 1 aromatic heterocycles. The van der Waals surface area contributed by atoms with Crippen molar-refractivity contribution in [2.75, 3.05) is 17.8 Å². The van der Waals surface area contributed by atoms with Crippen LogP contribution in [0.2, 0.25) is 0 Å². The van der Waals surface area contributed by atoms with E-state index in [-0.39, 0.29) is 11.0 Å². The number of nitrogens with one attached hydrogen (secondary N) is 2. The van der Waals surface area contributed by atoms with E-state index in [1.165, 1.54) is 6.92 Å². The van der Waals surface area contributed by atoms with E-state index in [1.54, 1.807) is 16.9 Å². The summed E-state index contributed by atoms with van der Waals surface area (Å²) in [5.41, 5.74) is 5.37. The maximum atomic E-state index is 12.0. The van der Waals surface area contributed by atoms with Gasteiger partial charge in [0.25, 0.3) is 0 Å². The summed E-state index contributed by atoms with van der Waals surface area (Å²) in [6.45, 7) is 3.01.